The summed E-state index contributed by atoms with van der Waals surface area (Å²) in [6.07, 6.45) is 0.228. The Morgan fingerprint density at radius 1 is 1.31 bits per heavy atom. The minimum Gasteiger partial charge on any atom is -0.349 e. The SMILES string of the molecule is CN(C)C(=O)C1CC(=O)NC(=O)C1. The number of rotatable bonds is 1. The molecule has 13 heavy (non-hydrogen) atoms. The molecule has 0 spiro atoms. The molecule has 0 unspecified atom stereocenters. The zero-order chi connectivity index (χ0) is 10.0. The second-order valence-corrected chi connectivity index (χ2v) is 3.31. The van der Waals surface area contributed by atoms with Gasteiger partial charge in [-0.3, -0.25) is 19.7 Å². The van der Waals surface area contributed by atoms with Crippen LogP contribution in [0.3, 0.4) is 0 Å². The second-order valence-electron chi connectivity index (χ2n) is 3.31. The zero-order valence-electron chi connectivity index (χ0n) is 7.66. The van der Waals surface area contributed by atoms with Gasteiger partial charge in [0.1, 0.15) is 0 Å². The minimum atomic E-state index is -0.476. The first-order valence-corrected chi connectivity index (χ1v) is 4.04. The molecule has 3 amide bonds. The predicted molar refractivity (Wildman–Crippen MR) is 44.6 cm³/mol. The summed E-state index contributed by atoms with van der Waals surface area (Å²) in [5.74, 6) is -1.37. The molecule has 1 heterocycles. The van der Waals surface area contributed by atoms with E-state index in [1.165, 1.54) is 4.90 Å². The Morgan fingerprint density at radius 3 is 2.15 bits per heavy atom. The summed E-state index contributed by atoms with van der Waals surface area (Å²) < 4.78 is 0. The van der Waals surface area contributed by atoms with E-state index in [1.54, 1.807) is 14.1 Å². The molecule has 0 aromatic heterocycles. The lowest BCUT2D eigenvalue weighted by Gasteiger charge is -2.22. The molecule has 72 valence electrons. The number of carbonyl (C=O) groups excluding carboxylic acids is 3. The smallest absolute Gasteiger partial charge is 0.227 e. The van der Waals surface area contributed by atoms with Crippen LogP contribution in [0.4, 0.5) is 0 Å². The standard InChI is InChI=1S/C8H12N2O3/c1-10(2)8(13)5-3-6(11)9-7(12)4-5/h5H,3-4H2,1-2H3,(H,9,11,12). The van der Waals surface area contributed by atoms with E-state index >= 15 is 0 Å². The van der Waals surface area contributed by atoms with Gasteiger partial charge >= 0.3 is 0 Å². The van der Waals surface area contributed by atoms with Gasteiger partial charge in [-0.2, -0.15) is 0 Å². The van der Waals surface area contributed by atoms with Crippen LogP contribution in [-0.4, -0.2) is 36.7 Å². The Labute approximate surface area is 76.1 Å². The van der Waals surface area contributed by atoms with E-state index in [0.717, 1.165) is 0 Å². The molecule has 1 saturated heterocycles. The molecule has 5 heteroatoms. The zero-order valence-corrected chi connectivity index (χ0v) is 7.66. The first kappa shape index (κ1) is 9.70. The number of piperidine rings is 1. The first-order valence-electron chi connectivity index (χ1n) is 4.04. The average molecular weight is 184 g/mol. The number of amides is 3. The molecule has 0 bridgehead atoms. The molecular formula is C8H12N2O3. The van der Waals surface area contributed by atoms with Gasteiger partial charge in [-0.05, 0) is 0 Å². The van der Waals surface area contributed by atoms with Crippen molar-refractivity contribution in [1.82, 2.24) is 10.2 Å². The van der Waals surface area contributed by atoms with Crippen LogP contribution in [0.1, 0.15) is 12.8 Å². The second kappa shape index (κ2) is 3.55. The van der Waals surface area contributed by atoms with Crippen LogP contribution >= 0.6 is 0 Å². The lowest BCUT2D eigenvalue weighted by molar-refractivity contribution is -0.143. The highest BCUT2D eigenvalue weighted by atomic mass is 16.2. The third-order valence-corrected chi connectivity index (χ3v) is 1.93. The number of hydrogen-bond donors (Lipinski definition) is 1. The fourth-order valence-electron chi connectivity index (χ4n) is 1.32. The summed E-state index contributed by atoms with van der Waals surface area (Å²) in [6.45, 7) is 0. The van der Waals surface area contributed by atoms with E-state index in [0.29, 0.717) is 0 Å². The summed E-state index contributed by atoms with van der Waals surface area (Å²) >= 11 is 0. The van der Waals surface area contributed by atoms with Crippen molar-refractivity contribution in [1.29, 1.82) is 0 Å². The van der Waals surface area contributed by atoms with Crippen LogP contribution in [0.5, 0.6) is 0 Å². The Kier molecular flexibility index (Phi) is 2.65. The van der Waals surface area contributed by atoms with Crippen molar-refractivity contribution in [3.63, 3.8) is 0 Å². The molecule has 0 atom stereocenters. The number of nitrogens with zero attached hydrogens (tertiary/aromatic N) is 1. The highest BCUT2D eigenvalue weighted by Crippen LogP contribution is 2.15. The molecule has 0 saturated carbocycles. The van der Waals surface area contributed by atoms with Crippen LogP contribution < -0.4 is 5.32 Å². The third-order valence-electron chi connectivity index (χ3n) is 1.93. The topological polar surface area (TPSA) is 66.5 Å². The van der Waals surface area contributed by atoms with Gasteiger partial charge in [-0.15, -0.1) is 0 Å². The summed E-state index contributed by atoms with van der Waals surface area (Å²) in [6, 6.07) is 0. The summed E-state index contributed by atoms with van der Waals surface area (Å²) in [5.41, 5.74) is 0. The van der Waals surface area contributed by atoms with E-state index < -0.39 is 5.92 Å². The first-order chi connectivity index (χ1) is 6.00. The van der Waals surface area contributed by atoms with Crippen molar-refractivity contribution in [2.45, 2.75) is 12.8 Å². The number of imide groups is 1. The summed E-state index contributed by atoms with van der Waals surface area (Å²) in [5, 5.41) is 2.15. The molecule has 5 nitrogen and oxygen atoms in total. The van der Waals surface area contributed by atoms with Crippen LogP contribution in [0.15, 0.2) is 0 Å². The summed E-state index contributed by atoms with van der Waals surface area (Å²) in [4.78, 5) is 34.6. The van der Waals surface area contributed by atoms with Gasteiger partial charge < -0.3 is 4.90 Å². The van der Waals surface area contributed by atoms with E-state index in [9.17, 15) is 14.4 Å². The van der Waals surface area contributed by atoms with Crippen molar-refractivity contribution in [2.24, 2.45) is 5.92 Å². The minimum absolute atomic E-state index is 0.114. The summed E-state index contributed by atoms with van der Waals surface area (Å²) in [7, 11) is 3.22. The van der Waals surface area contributed by atoms with Crippen molar-refractivity contribution < 1.29 is 14.4 Å². The maximum atomic E-state index is 11.4. The van der Waals surface area contributed by atoms with Crippen LogP contribution in [-0.2, 0) is 14.4 Å². The van der Waals surface area contributed by atoms with Gasteiger partial charge in [0.15, 0.2) is 0 Å². The largest absolute Gasteiger partial charge is 0.349 e. The molecule has 0 aliphatic carbocycles. The fourth-order valence-corrected chi connectivity index (χ4v) is 1.32. The van der Waals surface area contributed by atoms with Crippen molar-refractivity contribution >= 4 is 17.7 Å². The monoisotopic (exact) mass is 184 g/mol. The Bertz CT molecular complexity index is 244. The Hall–Kier alpha value is -1.39. The van der Waals surface area contributed by atoms with Crippen molar-refractivity contribution in [3.05, 3.63) is 0 Å². The van der Waals surface area contributed by atoms with Crippen LogP contribution in [0.25, 0.3) is 0 Å². The molecule has 1 rings (SSSR count). The maximum absolute atomic E-state index is 11.4. The average Bonchev–Trinajstić information content (AvgIpc) is 2.01. The highest BCUT2D eigenvalue weighted by Gasteiger charge is 2.30. The Morgan fingerprint density at radius 2 is 1.77 bits per heavy atom. The lowest BCUT2D eigenvalue weighted by Crippen LogP contribution is -2.43. The van der Waals surface area contributed by atoms with Gasteiger partial charge in [0, 0.05) is 26.9 Å². The number of hydrogen-bond acceptors (Lipinski definition) is 3. The van der Waals surface area contributed by atoms with Crippen LogP contribution in [0, 0.1) is 5.92 Å². The molecule has 1 fully saturated rings. The van der Waals surface area contributed by atoms with Crippen molar-refractivity contribution in [2.75, 3.05) is 14.1 Å². The van der Waals surface area contributed by atoms with Crippen LogP contribution in [0.2, 0.25) is 0 Å². The molecule has 1 aliphatic rings. The molecule has 0 aromatic carbocycles. The normalized spacial score (nSPS) is 18.3. The van der Waals surface area contributed by atoms with Gasteiger partial charge in [-0.25, -0.2) is 0 Å². The number of carbonyl (C=O) groups is 3. The van der Waals surface area contributed by atoms with Gasteiger partial charge in [0.25, 0.3) is 0 Å². The predicted octanol–water partition coefficient (Wildman–Crippen LogP) is -0.873. The third kappa shape index (κ3) is 2.27. The molecule has 0 radical (unpaired) electrons. The molecular weight excluding hydrogens is 172 g/mol. The number of nitrogens with one attached hydrogen (secondary N) is 1. The molecule has 1 N–H and O–H groups in total. The van der Waals surface area contributed by atoms with E-state index in [2.05, 4.69) is 5.32 Å². The van der Waals surface area contributed by atoms with E-state index in [-0.39, 0.29) is 30.6 Å². The fraction of sp³-hybridized carbons (Fsp3) is 0.625. The Balaban J connectivity index is 2.65. The maximum Gasteiger partial charge on any atom is 0.227 e. The molecule has 1 aliphatic heterocycles. The van der Waals surface area contributed by atoms with Crippen molar-refractivity contribution in [3.8, 4) is 0 Å². The molecule has 0 aromatic rings. The van der Waals surface area contributed by atoms with E-state index in [4.69, 9.17) is 0 Å². The quantitative estimate of drug-likeness (QED) is 0.538. The highest BCUT2D eigenvalue weighted by molar-refractivity contribution is 6.01. The van der Waals surface area contributed by atoms with Gasteiger partial charge in [0.2, 0.25) is 17.7 Å². The van der Waals surface area contributed by atoms with E-state index in [1.807, 2.05) is 0 Å². The van der Waals surface area contributed by atoms with Gasteiger partial charge in [-0.1, -0.05) is 0 Å². The lowest BCUT2D eigenvalue weighted by atomic mass is 9.96. The van der Waals surface area contributed by atoms with Gasteiger partial charge in [0.05, 0.1) is 5.92 Å².